The van der Waals surface area contributed by atoms with Crippen LogP contribution in [0.15, 0.2) is 30.3 Å². The molecule has 1 saturated heterocycles. The molecule has 0 spiro atoms. The lowest BCUT2D eigenvalue weighted by Gasteiger charge is -2.26. The van der Waals surface area contributed by atoms with Gasteiger partial charge in [0.05, 0.1) is 6.10 Å². The van der Waals surface area contributed by atoms with Crippen molar-refractivity contribution in [3.8, 4) is 0 Å². The number of hydrogen-bond donors (Lipinski definition) is 2. The maximum absolute atomic E-state index is 13.8. The number of hydrogen-bond acceptors (Lipinski definition) is 5. The second kappa shape index (κ2) is 10.4. The van der Waals surface area contributed by atoms with Crippen molar-refractivity contribution < 1.29 is 19.0 Å². The number of fused-ring (bicyclic) bond motifs is 1. The first-order valence-corrected chi connectivity index (χ1v) is 12.7. The number of carboxylic acid groups (broad SMARTS) is 1. The third-order valence-electron chi connectivity index (χ3n) is 7.27. The van der Waals surface area contributed by atoms with Gasteiger partial charge >= 0.3 is 5.97 Å². The molecule has 34 heavy (non-hydrogen) atoms. The molecular formula is C27H34FN3O3. The highest BCUT2D eigenvalue weighted by Crippen LogP contribution is 2.44. The molecule has 2 aromatic rings. The van der Waals surface area contributed by atoms with Crippen LogP contribution in [0.3, 0.4) is 0 Å². The lowest BCUT2D eigenvalue weighted by Crippen LogP contribution is -2.34. The van der Waals surface area contributed by atoms with E-state index in [1.807, 2.05) is 4.90 Å². The summed E-state index contributed by atoms with van der Waals surface area (Å²) >= 11 is 0. The van der Waals surface area contributed by atoms with Gasteiger partial charge in [-0.15, -0.1) is 0 Å². The molecule has 5 rings (SSSR count). The van der Waals surface area contributed by atoms with Crippen molar-refractivity contribution in [3.05, 3.63) is 58.5 Å². The number of aryl methyl sites for hydroxylation is 2. The quantitative estimate of drug-likeness (QED) is 0.494. The van der Waals surface area contributed by atoms with E-state index in [1.165, 1.54) is 24.1 Å². The van der Waals surface area contributed by atoms with E-state index in [-0.39, 0.29) is 11.9 Å². The van der Waals surface area contributed by atoms with E-state index in [4.69, 9.17) is 9.72 Å². The Bertz CT molecular complexity index is 1030. The third-order valence-corrected chi connectivity index (χ3v) is 7.27. The zero-order chi connectivity index (χ0) is 23.5. The molecule has 0 radical (unpaired) electrons. The van der Waals surface area contributed by atoms with Crippen LogP contribution >= 0.6 is 0 Å². The minimum atomic E-state index is -0.874. The van der Waals surface area contributed by atoms with Crippen molar-refractivity contribution in [2.75, 3.05) is 31.6 Å². The van der Waals surface area contributed by atoms with Gasteiger partial charge in [-0.05, 0) is 92.2 Å². The fraction of sp³-hybridized carbons (Fsp3) is 0.556. The monoisotopic (exact) mass is 467 g/mol. The number of rotatable bonds is 10. The molecule has 2 aliphatic heterocycles. The predicted octanol–water partition coefficient (Wildman–Crippen LogP) is 4.70. The molecule has 2 fully saturated rings. The molecule has 3 heterocycles. The number of halogens is 1. The fourth-order valence-corrected chi connectivity index (χ4v) is 5.32. The van der Waals surface area contributed by atoms with Gasteiger partial charge in [0.1, 0.15) is 17.7 Å². The average molecular weight is 468 g/mol. The zero-order valence-corrected chi connectivity index (χ0v) is 19.6. The SMILES string of the molecule is O=C(O)[C@H](c1ccc(F)cc1C1CC1)N1CC[C@@H](OCCCCc2ccc3c(n2)NCCC3)C1. The maximum atomic E-state index is 13.8. The number of nitrogens with one attached hydrogen (secondary N) is 1. The van der Waals surface area contributed by atoms with Gasteiger partial charge in [-0.25, -0.2) is 9.37 Å². The Hall–Kier alpha value is -2.51. The van der Waals surface area contributed by atoms with Crippen LogP contribution in [-0.4, -0.2) is 53.3 Å². The van der Waals surface area contributed by atoms with Crippen molar-refractivity contribution >= 4 is 11.8 Å². The zero-order valence-electron chi connectivity index (χ0n) is 19.6. The van der Waals surface area contributed by atoms with Gasteiger partial charge in [0.25, 0.3) is 0 Å². The Labute approximate surface area is 200 Å². The molecule has 1 aliphatic carbocycles. The molecular weight excluding hydrogens is 433 g/mol. The number of aliphatic carboxylic acids is 1. The van der Waals surface area contributed by atoms with Crippen molar-refractivity contribution in [2.45, 2.75) is 69.4 Å². The molecule has 0 bridgehead atoms. The number of unbranched alkanes of at least 4 members (excludes halogenated alkanes) is 1. The number of carbonyl (C=O) groups is 1. The van der Waals surface area contributed by atoms with Crippen LogP contribution in [0.4, 0.5) is 10.2 Å². The van der Waals surface area contributed by atoms with Crippen molar-refractivity contribution in [1.29, 1.82) is 0 Å². The summed E-state index contributed by atoms with van der Waals surface area (Å²) in [7, 11) is 0. The highest BCUT2D eigenvalue weighted by Gasteiger charge is 2.37. The number of anilines is 1. The van der Waals surface area contributed by atoms with Gasteiger partial charge in [0.15, 0.2) is 0 Å². The Morgan fingerprint density at radius 3 is 2.94 bits per heavy atom. The number of ether oxygens (including phenoxy) is 1. The van der Waals surface area contributed by atoms with Crippen LogP contribution in [0, 0.1) is 5.82 Å². The molecule has 2 N–H and O–H groups in total. The Morgan fingerprint density at radius 2 is 2.12 bits per heavy atom. The van der Waals surface area contributed by atoms with Crippen LogP contribution in [0.25, 0.3) is 0 Å². The molecule has 2 atom stereocenters. The number of pyridine rings is 1. The molecule has 7 heteroatoms. The molecule has 182 valence electrons. The van der Waals surface area contributed by atoms with Gasteiger partial charge in [0, 0.05) is 31.9 Å². The van der Waals surface area contributed by atoms with Crippen molar-refractivity contribution in [3.63, 3.8) is 0 Å². The number of benzene rings is 1. The molecule has 0 amide bonds. The highest BCUT2D eigenvalue weighted by molar-refractivity contribution is 5.76. The van der Waals surface area contributed by atoms with Crippen LogP contribution in [0.5, 0.6) is 0 Å². The lowest BCUT2D eigenvalue weighted by atomic mass is 9.96. The van der Waals surface area contributed by atoms with Gasteiger partial charge in [0.2, 0.25) is 0 Å². The second-order valence-corrected chi connectivity index (χ2v) is 9.86. The predicted molar refractivity (Wildman–Crippen MR) is 129 cm³/mol. The first kappa shape index (κ1) is 23.2. The van der Waals surface area contributed by atoms with Crippen LogP contribution in [0.2, 0.25) is 0 Å². The van der Waals surface area contributed by atoms with E-state index in [0.29, 0.717) is 25.6 Å². The van der Waals surface area contributed by atoms with Gasteiger partial charge < -0.3 is 15.2 Å². The molecule has 1 aromatic heterocycles. The molecule has 6 nitrogen and oxygen atoms in total. The van der Waals surface area contributed by atoms with E-state index in [9.17, 15) is 14.3 Å². The van der Waals surface area contributed by atoms with Crippen molar-refractivity contribution in [1.82, 2.24) is 9.88 Å². The van der Waals surface area contributed by atoms with E-state index in [1.54, 1.807) is 6.07 Å². The topological polar surface area (TPSA) is 74.7 Å². The summed E-state index contributed by atoms with van der Waals surface area (Å²) in [5, 5.41) is 13.4. The Morgan fingerprint density at radius 1 is 1.24 bits per heavy atom. The summed E-state index contributed by atoms with van der Waals surface area (Å²) in [5.41, 5.74) is 4.04. The minimum Gasteiger partial charge on any atom is -0.480 e. The summed E-state index contributed by atoms with van der Waals surface area (Å²) in [6.07, 6.45) is 8.05. The normalized spacial score (nSPS) is 21.1. The van der Waals surface area contributed by atoms with Gasteiger partial charge in [-0.3, -0.25) is 9.69 Å². The smallest absolute Gasteiger partial charge is 0.325 e. The molecule has 0 unspecified atom stereocenters. The number of aromatic nitrogens is 1. The molecule has 1 saturated carbocycles. The van der Waals surface area contributed by atoms with E-state index >= 15 is 0 Å². The largest absolute Gasteiger partial charge is 0.480 e. The van der Waals surface area contributed by atoms with Crippen LogP contribution in [0.1, 0.15) is 72.9 Å². The number of likely N-dealkylation sites (tertiary alicyclic amines) is 1. The number of carboxylic acids is 1. The van der Waals surface area contributed by atoms with Gasteiger partial charge in [-0.2, -0.15) is 0 Å². The number of nitrogens with zero attached hydrogens (tertiary/aromatic N) is 2. The summed E-state index contributed by atoms with van der Waals surface area (Å²) in [6.45, 7) is 2.94. The Balaban J connectivity index is 1.10. The molecule has 3 aliphatic rings. The molecule has 1 aromatic carbocycles. The van der Waals surface area contributed by atoms with Crippen molar-refractivity contribution in [2.24, 2.45) is 0 Å². The van der Waals surface area contributed by atoms with E-state index < -0.39 is 12.0 Å². The maximum Gasteiger partial charge on any atom is 0.325 e. The highest BCUT2D eigenvalue weighted by atomic mass is 19.1. The summed E-state index contributed by atoms with van der Waals surface area (Å²) in [6, 6.07) is 8.17. The van der Waals surface area contributed by atoms with E-state index in [2.05, 4.69) is 17.4 Å². The summed E-state index contributed by atoms with van der Waals surface area (Å²) < 4.78 is 19.9. The van der Waals surface area contributed by atoms with Crippen LogP contribution < -0.4 is 5.32 Å². The first-order valence-electron chi connectivity index (χ1n) is 12.7. The minimum absolute atomic E-state index is 0.0396. The fourth-order valence-electron chi connectivity index (χ4n) is 5.32. The van der Waals surface area contributed by atoms with Crippen LogP contribution in [-0.2, 0) is 22.4 Å². The third kappa shape index (κ3) is 5.41. The summed E-state index contributed by atoms with van der Waals surface area (Å²) in [5.74, 6) is 0.174. The standard InChI is InChI=1S/C27H34FN3O3/c28-20-9-11-23(24(16-20)18-6-7-18)25(27(32)33)31-14-12-22(17-31)34-15-2-1-5-21-10-8-19-4-3-13-29-26(19)30-21/h8-11,16,18,22,25H,1-7,12-15,17H2,(H,29,30)(H,32,33)/t22-,25+/m1/s1. The Kier molecular flexibility index (Phi) is 7.11. The average Bonchev–Trinajstić information content (AvgIpc) is 3.58. The second-order valence-electron chi connectivity index (χ2n) is 9.86. The van der Waals surface area contributed by atoms with Gasteiger partial charge in [-0.1, -0.05) is 12.1 Å². The lowest BCUT2D eigenvalue weighted by molar-refractivity contribution is -0.143. The first-order chi connectivity index (χ1) is 16.6. The summed E-state index contributed by atoms with van der Waals surface area (Å²) in [4.78, 5) is 18.9. The van der Waals surface area contributed by atoms with E-state index in [0.717, 1.165) is 74.1 Å².